The summed E-state index contributed by atoms with van der Waals surface area (Å²) >= 11 is 1.36. The highest BCUT2D eigenvalue weighted by molar-refractivity contribution is 7.13. The molecular formula is C16H25N3O3S. The Kier molecular flexibility index (Phi) is 5.99. The van der Waals surface area contributed by atoms with Crippen molar-refractivity contribution in [2.24, 2.45) is 0 Å². The molecule has 1 amide bonds. The lowest BCUT2D eigenvalue weighted by Crippen LogP contribution is -2.47. The first-order valence-corrected chi connectivity index (χ1v) is 9.36. The van der Waals surface area contributed by atoms with Crippen LogP contribution in [0.1, 0.15) is 38.5 Å². The molecule has 7 heteroatoms. The van der Waals surface area contributed by atoms with Gasteiger partial charge in [0.05, 0.1) is 12.2 Å². The van der Waals surface area contributed by atoms with Gasteiger partial charge in [-0.25, -0.2) is 4.98 Å². The van der Waals surface area contributed by atoms with Crippen molar-refractivity contribution in [2.75, 3.05) is 25.0 Å². The number of thiazole rings is 1. The quantitative estimate of drug-likeness (QED) is 0.856. The predicted octanol–water partition coefficient (Wildman–Crippen LogP) is 1.87. The molecule has 2 aliphatic rings. The van der Waals surface area contributed by atoms with E-state index in [4.69, 9.17) is 4.74 Å². The second kappa shape index (κ2) is 8.19. The molecule has 0 saturated carbocycles. The van der Waals surface area contributed by atoms with Gasteiger partial charge in [0.25, 0.3) is 5.91 Å². The van der Waals surface area contributed by atoms with Gasteiger partial charge in [0, 0.05) is 18.1 Å². The minimum absolute atomic E-state index is 0.0485. The fourth-order valence-corrected chi connectivity index (χ4v) is 3.83. The molecule has 0 aromatic carbocycles. The molecule has 0 bridgehead atoms. The SMILES string of the molecule is O=C(Nc1nccs1)[C@@H]1O[C@H](CCN2CCCCC2)CC[C@@H]1O. The maximum absolute atomic E-state index is 12.3. The normalized spacial score (nSPS) is 29.3. The topological polar surface area (TPSA) is 74.7 Å². The Bertz CT molecular complexity index is 491. The summed E-state index contributed by atoms with van der Waals surface area (Å²) in [5.41, 5.74) is 0. The van der Waals surface area contributed by atoms with Crippen LogP contribution in [0.25, 0.3) is 0 Å². The highest BCUT2D eigenvalue weighted by Gasteiger charge is 2.35. The number of carbonyl (C=O) groups is 1. The Hall–Kier alpha value is -1.02. The van der Waals surface area contributed by atoms with E-state index in [-0.39, 0.29) is 12.0 Å². The fourth-order valence-electron chi connectivity index (χ4n) is 3.29. The van der Waals surface area contributed by atoms with Gasteiger partial charge in [-0.3, -0.25) is 10.1 Å². The van der Waals surface area contributed by atoms with Gasteiger partial charge >= 0.3 is 0 Å². The number of hydrogen-bond acceptors (Lipinski definition) is 6. The minimum Gasteiger partial charge on any atom is -0.390 e. The van der Waals surface area contributed by atoms with Gasteiger partial charge in [0.1, 0.15) is 0 Å². The summed E-state index contributed by atoms with van der Waals surface area (Å²) < 4.78 is 5.89. The van der Waals surface area contributed by atoms with Gasteiger partial charge in [-0.2, -0.15) is 0 Å². The number of ether oxygens (including phenoxy) is 1. The van der Waals surface area contributed by atoms with Crippen molar-refractivity contribution in [3.8, 4) is 0 Å². The number of aliphatic hydroxyl groups is 1. The summed E-state index contributed by atoms with van der Waals surface area (Å²) in [7, 11) is 0. The van der Waals surface area contributed by atoms with E-state index in [2.05, 4.69) is 15.2 Å². The highest BCUT2D eigenvalue weighted by atomic mass is 32.1. The van der Waals surface area contributed by atoms with Crippen LogP contribution in [0.2, 0.25) is 0 Å². The maximum atomic E-state index is 12.3. The van der Waals surface area contributed by atoms with Gasteiger partial charge in [-0.05, 0) is 45.2 Å². The Morgan fingerprint density at radius 1 is 1.39 bits per heavy atom. The lowest BCUT2D eigenvalue weighted by molar-refractivity contribution is -0.153. The van der Waals surface area contributed by atoms with Crippen LogP contribution in [0.4, 0.5) is 5.13 Å². The zero-order valence-corrected chi connectivity index (χ0v) is 14.1. The molecule has 2 fully saturated rings. The molecule has 23 heavy (non-hydrogen) atoms. The number of likely N-dealkylation sites (tertiary alicyclic amines) is 1. The second-order valence-corrected chi connectivity index (χ2v) is 7.24. The van der Waals surface area contributed by atoms with E-state index in [0.717, 1.165) is 19.4 Å². The van der Waals surface area contributed by atoms with E-state index in [1.165, 1.54) is 43.7 Å². The van der Waals surface area contributed by atoms with Crippen LogP contribution in [0.3, 0.4) is 0 Å². The molecule has 6 nitrogen and oxygen atoms in total. The molecule has 0 spiro atoms. The average Bonchev–Trinajstić information content (AvgIpc) is 3.08. The van der Waals surface area contributed by atoms with Crippen LogP contribution in [-0.4, -0.2) is 58.8 Å². The van der Waals surface area contributed by atoms with Crippen molar-refractivity contribution in [2.45, 2.75) is 56.8 Å². The zero-order chi connectivity index (χ0) is 16.1. The molecule has 2 N–H and O–H groups in total. The van der Waals surface area contributed by atoms with E-state index >= 15 is 0 Å². The number of piperidine rings is 1. The number of carbonyl (C=O) groups excluding carboxylic acids is 1. The number of aromatic nitrogens is 1. The molecule has 128 valence electrons. The molecule has 0 unspecified atom stereocenters. The minimum atomic E-state index is -0.793. The smallest absolute Gasteiger partial charge is 0.258 e. The monoisotopic (exact) mass is 339 g/mol. The van der Waals surface area contributed by atoms with Crippen LogP contribution >= 0.6 is 11.3 Å². The van der Waals surface area contributed by atoms with Crippen LogP contribution in [-0.2, 0) is 9.53 Å². The van der Waals surface area contributed by atoms with Gasteiger partial charge in [-0.15, -0.1) is 11.3 Å². The average molecular weight is 339 g/mol. The summed E-state index contributed by atoms with van der Waals surface area (Å²) in [6.45, 7) is 3.36. The zero-order valence-electron chi connectivity index (χ0n) is 13.3. The van der Waals surface area contributed by atoms with Crippen LogP contribution in [0, 0.1) is 0 Å². The molecule has 2 aliphatic heterocycles. The van der Waals surface area contributed by atoms with E-state index < -0.39 is 12.2 Å². The highest BCUT2D eigenvalue weighted by Crippen LogP contribution is 2.24. The number of amides is 1. The van der Waals surface area contributed by atoms with Gasteiger partial charge in [0.2, 0.25) is 0 Å². The number of rotatable bonds is 5. The molecule has 1 aromatic rings. The van der Waals surface area contributed by atoms with Crippen molar-refractivity contribution in [3.63, 3.8) is 0 Å². The number of nitrogens with one attached hydrogen (secondary N) is 1. The molecule has 2 saturated heterocycles. The van der Waals surface area contributed by atoms with Crippen molar-refractivity contribution >= 4 is 22.4 Å². The summed E-state index contributed by atoms with van der Waals surface area (Å²) in [4.78, 5) is 18.8. The Labute approximate surface area is 140 Å². The van der Waals surface area contributed by atoms with E-state index in [1.807, 2.05) is 0 Å². The van der Waals surface area contributed by atoms with Crippen molar-refractivity contribution in [3.05, 3.63) is 11.6 Å². The van der Waals surface area contributed by atoms with E-state index in [0.29, 0.717) is 11.6 Å². The molecule has 3 heterocycles. The first kappa shape index (κ1) is 16.8. The third-order valence-electron chi connectivity index (χ3n) is 4.61. The second-order valence-electron chi connectivity index (χ2n) is 6.34. The Balaban J connectivity index is 1.48. The Morgan fingerprint density at radius 3 is 2.96 bits per heavy atom. The third kappa shape index (κ3) is 4.73. The van der Waals surface area contributed by atoms with Gasteiger partial charge in [0.15, 0.2) is 11.2 Å². The third-order valence-corrected chi connectivity index (χ3v) is 5.30. The fraction of sp³-hybridized carbons (Fsp3) is 0.750. The van der Waals surface area contributed by atoms with Gasteiger partial charge in [-0.1, -0.05) is 6.42 Å². The maximum Gasteiger partial charge on any atom is 0.258 e. The Morgan fingerprint density at radius 2 is 2.22 bits per heavy atom. The number of hydrogen-bond donors (Lipinski definition) is 2. The first-order chi connectivity index (χ1) is 11.2. The molecule has 1 aromatic heterocycles. The largest absolute Gasteiger partial charge is 0.390 e. The summed E-state index contributed by atoms with van der Waals surface area (Å²) in [6.07, 6.45) is 6.41. The lowest BCUT2D eigenvalue weighted by atomic mass is 9.98. The van der Waals surface area contributed by atoms with Gasteiger partial charge < -0.3 is 14.7 Å². The van der Waals surface area contributed by atoms with Crippen LogP contribution < -0.4 is 5.32 Å². The number of nitrogens with zero attached hydrogens (tertiary/aromatic N) is 2. The van der Waals surface area contributed by atoms with Crippen LogP contribution in [0.5, 0.6) is 0 Å². The molecule has 0 radical (unpaired) electrons. The molecule has 0 aliphatic carbocycles. The first-order valence-electron chi connectivity index (χ1n) is 8.48. The van der Waals surface area contributed by atoms with Crippen molar-refractivity contribution in [1.82, 2.24) is 9.88 Å². The predicted molar refractivity (Wildman–Crippen MR) is 89.6 cm³/mol. The van der Waals surface area contributed by atoms with E-state index in [1.54, 1.807) is 11.6 Å². The van der Waals surface area contributed by atoms with Crippen molar-refractivity contribution in [1.29, 1.82) is 0 Å². The standard InChI is InChI=1S/C16H25N3O3S/c20-13-5-4-12(6-10-19-8-2-1-3-9-19)22-14(13)15(21)18-16-17-7-11-23-16/h7,11-14,20H,1-6,8-10H2,(H,17,18,21)/t12-,13-,14+/m0/s1. The summed E-state index contributed by atoms with van der Waals surface area (Å²) in [6, 6.07) is 0. The summed E-state index contributed by atoms with van der Waals surface area (Å²) in [5.74, 6) is -0.296. The molecule has 3 rings (SSSR count). The lowest BCUT2D eigenvalue weighted by Gasteiger charge is -2.34. The number of aliphatic hydroxyl groups excluding tert-OH is 1. The summed E-state index contributed by atoms with van der Waals surface area (Å²) in [5, 5.41) is 15.2. The van der Waals surface area contributed by atoms with Crippen LogP contribution in [0.15, 0.2) is 11.6 Å². The van der Waals surface area contributed by atoms with Crippen molar-refractivity contribution < 1.29 is 14.6 Å². The molecule has 3 atom stereocenters. The number of anilines is 1. The van der Waals surface area contributed by atoms with E-state index in [9.17, 15) is 9.90 Å². The molecular weight excluding hydrogens is 314 g/mol.